The Kier molecular flexibility index (Phi) is 5.37. The second kappa shape index (κ2) is 8.25. The quantitative estimate of drug-likeness (QED) is 0.299. The number of aromatic nitrogens is 3. The van der Waals surface area contributed by atoms with Gasteiger partial charge < -0.3 is 4.98 Å². The minimum atomic E-state index is -4.60. The zero-order valence-electron chi connectivity index (χ0n) is 17.8. The molecule has 170 valence electrons. The van der Waals surface area contributed by atoms with Gasteiger partial charge in [-0.15, -0.1) is 0 Å². The lowest BCUT2D eigenvalue weighted by atomic mass is 9.85. The Morgan fingerprint density at radius 1 is 1.00 bits per heavy atom. The number of rotatable bonds is 3. The van der Waals surface area contributed by atoms with Crippen LogP contribution in [0.25, 0.3) is 44.3 Å². The molecule has 5 rings (SSSR count). The lowest BCUT2D eigenvalue weighted by molar-refractivity contribution is -0.145. The molecule has 1 atom stereocenters. The smallest absolute Gasteiger partial charge is 0.346 e. The van der Waals surface area contributed by atoms with E-state index in [9.17, 15) is 18.0 Å². The van der Waals surface area contributed by atoms with Crippen molar-refractivity contribution in [2.45, 2.75) is 19.0 Å². The van der Waals surface area contributed by atoms with Gasteiger partial charge >= 0.3 is 6.18 Å². The van der Waals surface area contributed by atoms with E-state index in [1.54, 1.807) is 54.7 Å². The Morgan fingerprint density at radius 3 is 2.50 bits per heavy atom. The fourth-order valence-corrected chi connectivity index (χ4v) is 4.50. The molecule has 8 heteroatoms. The van der Waals surface area contributed by atoms with Crippen LogP contribution in [0.15, 0.2) is 77.9 Å². The van der Waals surface area contributed by atoms with Crippen molar-refractivity contribution in [3.8, 4) is 22.4 Å². The minimum Gasteiger partial charge on any atom is -0.346 e. The lowest BCUT2D eigenvalue weighted by Crippen LogP contribution is -2.21. The minimum absolute atomic E-state index is 0.0924. The SMILES string of the molecule is CC(c1c(-c2cc(Cl)c3ncccc3c2)c(-c2ccccc2)nc2[nH]ccc(=O)c12)C(F)(F)F. The van der Waals surface area contributed by atoms with E-state index in [2.05, 4.69) is 15.0 Å². The van der Waals surface area contributed by atoms with Gasteiger partial charge in [-0.2, -0.15) is 13.2 Å². The lowest BCUT2D eigenvalue weighted by Gasteiger charge is -2.24. The first-order chi connectivity index (χ1) is 16.3. The van der Waals surface area contributed by atoms with Crippen molar-refractivity contribution in [3.63, 3.8) is 0 Å². The Balaban J connectivity index is 2.00. The third-order valence-corrected chi connectivity index (χ3v) is 6.14. The second-order valence-electron chi connectivity index (χ2n) is 7.98. The first kappa shape index (κ1) is 22.1. The number of nitrogens with one attached hydrogen (secondary N) is 1. The van der Waals surface area contributed by atoms with Crippen molar-refractivity contribution in [1.82, 2.24) is 15.0 Å². The van der Waals surface area contributed by atoms with E-state index in [1.807, 2.05) is 6.07 Å². The van der Waals surface area contributed by atoms with E-state index in [4.69, 9.17) is 11.6 Å². The molecule has 0 spiro atoms. The molecule has 0 bridgehead atoms. The number of hydrogen-bond acceptors (Lipinski definition) is 3. The van der Waals surface area contributed by atoms with E-state index in [0.717, 1.165) is 6.92 Å². The maximum Gasteiger partial charge on any atom is 0.395 e. The highest BCUT2D eigenvalue weighted by Crippen LogP contribution is 2.46. The maximum absolute atomic E-state index is 14.2. The summed E-state index contributed by atoms with van der Waals surface area (Å²) in [4.78, 5) is 24.6. The average Bonchev–Trinajstić information content (AvgIpc) is 2.82. The van der Waals surface area contributed by atoms with Crippen LogP contribution >= 0.6 is 11.6 Å². The van der Waals surface area contributed by atoms with E-state index in [0.29, 0.717) is 32.7 Å². The van der Waals surface area contributed by atoms with Gasteiger partial charge in [-0.1, -0.05) is 48.0 Å². The molecule has 2 aromatic carbocycles. The van der Waals surface area contributed by atoms with Crippen molar-refractivity contribution in [2.75, 3.05) is 0 Å². The summed E-state index contributed by atoms with van der Waals surface area (Å²) in [5.41, 5.74) is 1.52. The molecule has 3 heterocycles. The first-order valence-electron chi connectivity index (χ1n) is 10.5. The van der Waals surface area contributed by atoms with Gasteiger partial charge in [0.2, 0.25) is 0 Å². The van der Waals surface area contributed by atoms with Crippen molar-refractivity contribution in [2.24, 2.45) is 0 Å². The molecule has 1 unspecified atom stereocenters. The Morgan fingerprint density at radius 2 is 1.76 bits per heavy atom. The molecule has 0 radical (unpaired) electrons. The van der Waals surface area contributed by atoms with E-state index in [-0.39, 0.29) is 22.2 Å². The third kappa shape index (κ3) is 3.72. The summed E-state index contributed by atoms with van der Waals surface area (Å²) in [6.07, 6.45) is -1.62. The standard InChI is InChI=1S/C26H17ClF3N3O/c1-14(26(28,29)30)20-21(17-12-16-8-5-10-31-23(16)18(27)13-17)24(15-6-3-2-4-7-15)33-25-22(20)19(34)9-11-32-25/h2-14H,1H3,(H,32,33,34). The summed E-state index contributed by atoms with van der Waals surface area (Å²) in [5, 5.41) is 0.862. The van der Waals surface area contributed by atoms with Gasteiger partial charge in [-0.25, -0.2) is 4.98 Å². The zero-order valence-corrected chi connectivity index (χ0v) is 18.6. The summed E-state index contributed by atoms with van der Waals surface area (Å²) < 4.78 is 42.6. The predicted octanol–water partition coefficient (Wildman–Crippen LogP) is 7.12. The van der Waals surface area contributed by atoms with Crippen molar-refractivity contribution < 1.29 is 13.2 Å². The molecule has 34 heavy (non-hydrogen) atoms. The number of aromatic amines is 1. The molecule has 0 saturated carbocycles. The number of benzene rings is 2. The number of H-pyrrole nitrogens is 1. The highest BCUT2D eigenvalue weighted by Gasteiger charge is 2.41. The van der Waals surface area contributed by atoms with E-state index in [1.165, 1.54) is 12.3 Å². The second-order valence-corrected chi connectivity index (χ2v) is 8.38. The molecular weight excluding hydrogens is 463 g/mol. The number of alkyl halides is 3. The topological polar surface area (TPSA) is 58.6 Å². The Hall–Kier alpha value is -3.71. The van der Waals surface area contributed by atoms with Gasteiger partial charge in [0.25, 0.3) is 0 Å². The van der Waals surface area contributed by atoms with Crippen LogP contribution in [0.1, 0.15) is 18.4 Å². The average molecular weight is 480 g/mol. The van der Waals surface area contributed by atoms with Gasteiger partial charge in [0.15, 0.2) is 5.43 Å². The van der Waals surface area contributed by atoms with Gasteiger partial charge in [0, 0.05) is 35.0 Å². The van der Waals surface area contributed by atoms with Gasteiger partial charge in [-0.3, -0.25) is 9.78 Å². The normalized spacial score (nSPS) is 12.9. The number of fused-ring (bicyclic) bond motifs is 2. The van der Waals surface area contributed by atoms with Gasteiger partial charge in [-0.05, 0) is 36.2 Å². The van der Waals surface area contributed by atoms with Crippen LogP contribution in [-0.4, -0.2) is 21.1 Å². The summed E-state index contributed by atoms with van der Waals surface area (Å²) in [5.74, 6) is -1.94. The van der Waals surface area contributed by atoms with Crippen LogP contribution in [-0.2, 0) is 0 Å². The fraction of sp³-hybridized carbons (Fsp3) is 0.115. The van der Waals surface area contributed by atoms with Crippen LogP contribution in [0.3, 0.4) is 0 Å². The van der Waals surface area contributed by atoms with Crippen LogP contribution in [0.4, 0.5) is 13.2 Å². The number of nitrogens with zero attached hydrogens (tertiary/aromatic N) is 2. The van der Waals surface area contributed by atoms with Crippen LogP contribution in [0.2, 0.25) is 5.02 Å². The summed E-state index contributed by atoms with van der Waals surface area (Å²) in [6, 6.07) is 16.9. The van der Waals surface area contributed by atoms with Crippen LogP contribution in [0, 0.1) is 0 Å². The molecule has 0 aliphatic carbocycles. The molecular formula is C26H17ClF3N3O. The molecule has 3 aromatic heterocycles. The van der Waals surface area contributed by atoms with Crippen molar-refractivity contribution in [3.05, 3.63) is 93.9 Å². The number of pyridine rings is 3. The summed E-state index contributed by atoms with van der Waals surface area (Å²) in [6.45, 7) is 1.06. The highest BCUT2D eigenvalue weighted by atomic mass is 35.5. The first-order valence-corrected chi connectivity index (χ1v) is 10.9. The number of halogens is 4. The largest absolute Gasteiger partial charge is 0.395 e. The maximum atomic E-state index is 14.2. The van der Waals surface area contributed by atoms with E-state index >= 15 is 0 Å². The molecule has 4 nitrogen and oxygen atoms in total. The molecule has 0 saturated heterocycles. The monoisotopic (exact) mass is 479 g/mol. The zero-order chi connectivity index (χ0) is 24.0. The number of hydrogen-bond donors (Lipinski definition) is 1. The predicted molar refractivity (Wildman–Crippen MR) is 128 cm³/mol. The van der Waals surface area contributed by atoms with Gasteiger partial charge in [0.1, 0.15) is 5.65 Å². The molecule has 0 fully saturated rings. The molecule has 5 aromatic rings. The van der Waals surface area contributed by atoms with Crippen molar-refractivity contribution in [1.29, 1.82) is 0 Å². The molecule has 1 N–H and O–H groups in total. The van der Waals surface area contributed by atoms with Crippen molar-refractivity contribution >= 4 is 33.5 Å². The Bertz CT molecular complexity index is 1600. The third-order valence-electron chi connectivity index (χ3n) is 5.86. The highest BCUT2D eigenvalue weighted by molar-refractivity contribution is 6.35. The van der Waals surface area contributed by atoms with Gasteiger partial charge in [0.05, 0.1) is 27.5 Å². The summed E-state index contributed by atoms with van der Waals surface area (Å²) >= 11 is 6.51. The van der Waals surface area contributed by atoms with Crippen LogP contribution in [0.5, 0.6) is 0 Å². The van der Waals surface area contributed by atoms with E-state index < -0.39 is 17.5 Å². The van der Waals surface area contributed by atoms with Crippen LogP contribution < -0.4 is 5.43 Å². The molecule has 0 amide bonds. The molecule has 0 aliphatic rings. The Labute approximate surface area is 197 Å². The summed E-state index contributed by atoms with van der Waals surface area (Å²) in [7, 11) is 0. The fourth-order valence-electron chi connectivity index (χ4n) is 4.22. The molecule has 0 aliphatic heterocycles.